The van der Waals surface area contributed by atoms with Gasteiger partial charge in [-0.15, -0.1) is 0 Å². The Balaban J connectivity index is 1.11. The fourth-order valence-corrected chi connectivity index (χ4v) is 5.21. The zero-order chi connectivity index (χ0) is 32.2. The van der Waals surface area contributed by atoms with E-state index in [1.54, 1.807) is 26.6 Å². The number of methoxy groups -OCH3 is 2. The van der Waals surface area contributed by atoms with Gasteiger partial charge in [0, 0.05) is 60.5 Å². The normalized spacial score (nSPS) is 13.1. The van der Waals surface area contributed by atoms with Crippen molar-refractivity contribution in [1.29, 1.82) is 0 Å². The predicted molar refractivity (Wildman–Crippen MR) is 180 cm³/mol. The van der Waals surface area contributed by atoms with Crippen LogP contribution in [0.3, 0.4) is 0 Å². The summed E-state index contributed by atoms with van der Waals surface area (Å²) < 4.78 is 10.9. The zero-order valence-electron chi connectivity index (χ0n) is 26.6. The number of nitrogens with one attached hydrogen (secondary N) is 4. The number of pyridine rings is 2. The van der Waals surface area contributed by atoms with Crippen molar-refractivity contribution < 1.29 is 19.1 Å². The van der Waals surface area contributed by atoms with Crippen molar-refractivity contribution in [2.45, 2.75) is 64.1 Å². The fourth-order valence-electron chi connectivity index (χ4n) is 5.21. The molecule has 0 fully saturated rings. The lowest BCUT2D eigenvalue weighted by Crippen LogP contribution is -2.44. The lowest BCUT2D eigenvalue weighted by atomic mass is 10.1. The Kier molecular flexibility index (Phi) is 12.1. The Labute approximate surface area is 264 Å². The van der Waals surface area contributed by atoms with Crippen molar-refractivity contribution in [1.82, 2.24) is 20.6 Å². The number of hydrogen-bond acceptors (Lipinski definition) is 9. The van der Waals surface area contributed by atoms with Crippen molar-refractivity contribution in [2.24, 2.45) is 5.73 Å². The third-order valence-corrected chi connectivity index (χ3v) is 7.62. The average molecular weight is 616 g/mol. The maximum Gasteiger partial charge on any atom is 0.237 e. The van der Waals surface area contributed by atoms with E-state index in [2.05, 4.69) is 45.1 Å². The van der Waals surface area contributed by atoms with E-state index in [-0.39, 0.29) is 30.3 Å². The number of nitrogens with zero attached hydrogens (tertiary/aromatic N) is 2. The first kappa shape index (κ1) is 33.3. The van der Waals surface area contributed by atoms with Crippen LogP contribution in [-0.2, 0) is 9.59 Å². The highest BCUT2D eigenvalue weighted by atomic mass is 16.5. The first-order valence-electron chi connectivity index (χ1n) is 15.5. The van der Waals surface area contributed by atoms with E-state index in [0.29, 0.717) is 13.1 Å². The minimum atomic E-state index is -0.899. The number of nitrogens with two attached hydrogens (primary N) is 1. The molecule has 3 atom stereocenters. The number of carbonyl (C=O) groups is 2. The molecule has 0 bridgehead atoms. The number of amides is 2. The number of fused-ring (bicyclic) bond motifs is 2. The molecule has 240 valence electrons. The molecule has 2 amide bonds. The smallest absolute Gasteiger partial charge is 0.237 e. The molecular weight excluding hydrogens is 570 g/mol. The number of hydrogen-bond donors (Lipinski definition) is 5. The van der Waals surface area contributed by atoms with Crippen LogP contribution in [0.25, 0.3) is 21.8 Å². The van der Waals surface area contributed by atoms with Gasteiger partial charge in [-0.2, -0.15) is 0 Å². The molecule has 0 spiro atoms. The van der Waals surface area contributed by atoms with E-state index in [1.165, 1.54) is 0 Å². The molecule has 2 heterocycles. The van der Waals surface area contributed by atoms with E-state index in [4.69, 9.17) is 15.2 Å². The van der Waals surface area contributed by atoms with Crippen LogP contribution in [0.4, 0.5) is 11.4 Å². The van der Waals surface area contributed by atoms with Crippen LogP contribution in [-0.4, -0.2) is 67.2 Å². The van der Waals surface area contributed by atoms with Gasteiger partial charge in [-0.3, -0.25) is 19.6 Å². The molecule has 2 aromatic carbocycles. The molecule has 0 saturated carbocycles. The third-order valence-electron chi connectivity index (χ3n) is 7.62. The maximum absolute atomic E-state index is 12.5. The lowest BCUT2D eigenvalue weighted by molar-refractivity contribution is -0.127. The van der Waals surface area contributed by atoms with E-state index in [9.17, 15) is 9.59 Å². The van der Waals surface area contributed by atoms with Gasteiger partial charge in [-0.05, 0) is 63.8 Å². The molecule has 11 heteroatoms. The minimum absolute atomic E-state index is 0.0605. The number of ether oxygens (including phenoxy) is 2. The van der Waals surface area contributed by atoms with Crippen LogP contribution in [0.15, 0.2) is 60.9 Å². The van der Waals surface area contributed by atoms with E-state index < -0.39 is 6.04 Å². The summed E-state index contributed by atoms with van der Waals surface area (Å²) in [6.45, 7) is 5.14. The molecule has 0 aliphatic carbocycles. The number of aromatic nitrogens is 2. The first-order chi connectivity index (χ1) is 21.8. The highest BCUT2D eigenvalue weighted by molar-refractivity contribution is 5.93. The topological polar surface area (TPSA) is 153 Å². The van der Waals surface area contributed by atoms with Crippen molar-refractivity contribution in [3.8, 4) is 11.5 Å². The number of carbonyl (C=O) groups excluding carboxylic acids is 2. The summed E-state index contributed by atoms with van der Waals surface area (Å²) >= 11 is 0. The van der Waals surface area contributed by atoms with E-state index >= 15 is 0 Å². The molecule has 4 aromatic rings. The van der Waals surface area contributed by atoms with Crippen LogP contribution in [0.5, 0.6) is 11.5 Å². The number of benzene rings is 2. The maximum atomic E-state index is 12.5. The Morgan fingerprint density at radius 2 is 1.27 bits per heavy atom. The van der Waals surface area contributed by atoms with Gasteiger partial charge >= 0.3 is 0 Å². The Morgan fingerprint density at radius 3 is 1.76 bits per heavy atom. The monoisotopic (exact) mass is 615 g/mol. The Morgan fingerprint density at radius 1 is 0.778 bits per heavy atom. The lowest BCUT2D eigenvalue weighted by Gasteiger charge is -2.18. The molecular formula is C34H45N7O4. The molecule has 2 aromatic heterocycles. The van der Waals surface area contributed by atoms with Gasteiger partial charge in [0.25, 0.3) is 0 Å². The van der Waals surface area contributed by atoms with Crippen LogP contribution >= 0.6 is 0 Å². The number of rotatable bonds is 17. The van der Waals surface area contributed by atoms with Crippen LogP contribution in [0, 0.1) is 0 Å². The van der Waals surface area contributed by atoms with Crippen molar-refractivity contribution in [3.63, 3.8) is 0 Å². The van der Waals surface area contributed by atoms with Gasteiger partial charge in [0.1, 0.15) is 11.5 Å². The zero-order valence-corrected chi connectivity index (χ0v) is 26.6. The second-order valence-corrected chi connectivity index (χ2v) is 11.3. The molecule has 4 rings (SSSR count). The summed E-state index contributed by atoms with van der Waals surface area (Å²) in [7, 11) is 3.29. The Bertz CT molecular complexity index is 1580. The van der Waals surface area contributed by atoms with Gasteiger partial charge in [0.15, 0.2) is 0 Å². The second-order valence-electron chi connectivity index (χ2n) is 11.3. The van der Waals surface area contributed by atoms with E-state index in [0.717, 1.165) is 70.4 Å². The van der Waals surface area contributed by atoms with Gasteiger partial charge in [-0.25, -0.2) is 0 Å². The highest BCUT2D eigenvalue weighted by Gasteiger charge is 2.17. The third kappa shape index (κ3) is 9.67. The SMILES string of the molecule is COc1cc(NC(C)CCCNC(=O)C[C@@H](N)C(=O)NCCCC(C)Nc2cc(OC)cc3cccnc23)c2ncccc2c1. The molecule has 0 aliphatic rings. The predicted octanol–water partition coefficient (Wildman–Crippen LogP) is 4.61. The summed E-state index contributed by atoms with van der Waals surface area (Å²) in [4.78, 5) is 33.9. The Hall–Kier alpha value is -4.64. The first-order valence-corrected chi connectivity index (χ1v) is 15.5. The van der Waals surface area contributed by atoms with Crippen molar-refractivity contribution in [3.05, 3.63) is 60.9 Å². The molecule has 0 aliphatic heterocycles. The average Bonchev–Trinajstić information content (AvgIpc) is 3.04. The highest BCUT2D eigenvalue weighted by Crippen LogP contribution is 2.29. The molecule has 45 heavy (non-hydrogen) atoms. The van der Waals surface area contributed by atoms with Gasteiger partial charge in [-0.1, -0.05) is 12.1 Å². The minimum Gasteiger partial charge on any atom is -0.497 e. The quantitative estimate of drug-likeness (QED) is 0.107. The molecule has 0 saturated heterocycles. The number of anilines is 2. The van der Waals surface area contributed by atoms with Crippen LogP contribution in [0.1, 0.15) is 46.0 Å². The van der Waals surface area contributed by atoms with Gasteiger partial charge in [0.2, 0.25) is 11.8 Å². The summed E-state index contributed by atoms with van der Waals surface area (Å²) in [5.74, 6) is 0.961. The van der Waals surface area contributed by atoms with Crippen molar-refractivity contribution in [2.75, 3.05) is 37.9 Å². The van der Waals surface area contributed by atoms with Crippen molar-refractivity contribution >= 4 is 45.0 Å². The standard InChI is InChI=1S/C34H45N7O4/c1-22(40-29-19-26(44-3)17-24-11-7-14-37-32(24)29)9-5-13-36-31(42)21-28(35)34(43)39-16-6-10-23(2)41-30-20-27(45-4)18-25-12-8-15-38-33(25)30/h7-8,11-12,14-15,17-20,22-23,28,40-41H,5-6,9-10,13,16,21,35H2,1-4H3,(H,36,42)(H,39,43)/t22?,23?,28-/m1/s1. The van der Waals surface area contributed by atoms with E-state index in [1.807, 2.05) is 48.5 Å². The summed E-state index contributed by atoms with van der Waals surface area (Å²) in [6, 6.07) is 15.0. The summed E-state index contributed by atoms with van der Waals surface area (Å²) in [5.41, 5.74) is 9.60. The summed E-state index contributed by atoms with van der Waals surface area (Å²) in [5, 5.41) is 14.8. The molecule has 6 N–H and O–H groups in total. The van der Waals surface area contributed by atoms with Crippen LogP contribution < -0.4 is 36.5 Å². The largest absolute Gasteiger partial charge is 0.497 e. The molecule has 0 radical (unpaired) electrons. The van der Waals surface area contributed by atoms with Gasteiger partial charge in [0.05, 0.1) is 49.1 Å². The fraction of sp³-hybridized carbons (Fsp3) is 0.412. The second kappa shape index (κ2) is 16.4. The summed E-state index contributed by atoms with van der Waals surface area (Å²) in [6.07, 6.45) is 6.65. The molecule has 2 unspecified atom stereocenters. The molecule has 11 nitrogen and oxygen atoms in total. The van der Waals surface area contributed by atoms with Gasteiger partial charge < -0.3 is 36.5 Å². The van der Waals surface area contributed by atoms with Crippen LogP contribution in [0.2, 0.25) is 0 Å².